The molecule has 0 saturated carbocycles. The van der Waals surface area contributed by atoms with Crippen LogP contribution in [0.2, 0.25) is 0 Å². The Balaban J connectivity index is 1.77. The van der Waals surface area contributed by atoms with Gasteiger partial charge in [-0.2, -0.15) is 5.10 Å². The van der Waals surface area contributed by atoms with Crippen LogP contribution in [0.3, 0.4) is 0 Å². The first kappa shape index (κ1) is 13.2. The van der Waals surface area contributed by atoms with Crippen molar-refractivity contribution in [2.24, 2.45) is 5.73 Å². The van der Waals surface area contributed by atoms with Gasteiger partial charge in [-0.25, -0.2) is 0 Å². The molecule has 0 fully saturated rings. The van der Waals surface area contributed by atoms with E-state index >= 15 is 0 Å². The van der Waals surface area contributed by atoms with Crippen molar-refractivity contribution in [1.29, 1.82) is 0 Å². The molecule has 2 aromatic rings. The van der Waals surface area contributed by atoms with Crippen LogP contribution in [0.4, 0.5) is 0 Å². The van der Waals surface area contributed by atoms with Crippen LogP contribution >= 0.6 is 0 Å². The van der Waals surface area contributed by atoms with Crippen molar-refractivity contribution in [2.45, 2.75) is 38.3 Å². The fraction of sp³-hybridized carbons (Fsp3) is 0.438. The number of fused-ring (bicyclic) bond motifs is 1. The van der Waals surface area contributed by atoms with Crippen molar-refractivity contribution in [2.75, 3.05) is 6.61 Å². The second-order valence-corrected chi connectivity index (χ2v) is 5.38. The molecular formula is C16H21N3O. The van der Waals surface area contributed by atoms with E-state index in [-0.39, 0.29) is 6.04 Å². The van der Waals surface area contributed by atoms with Crippen LogP contribution in [0.5, 0.6) is 5.75 Å². The molecule has 2 atom stereocenters. The van der Waals surface area contributed by atoms with Gasteiger partial charge in [0.25, 0.3) is 0 Å². The number of ether oxygens (including phenoxy) is 1. The van der Waals surface area contributed by atoms with Crippen molar-refractivity contribution >= 4 is 0 Å². The first-order valence-electron chi connectivity index (χ1n) is 7.27. The van der Waals surface area contributed by atoms with Gasteiger partial charge in [-0.15, -0.1) is 0 Å². The summed E-state index contributed by atoms with van der Waals surface area (Å²) in [5, 5.41) is 4.45. The Kier molecular flexibility index (Phi) is 3.74. The highest BCUT2D eigenvalue weighted by atomic mass is 16.5. The molecule has 106 valence electrons. The first-order chi connectivity index (χ1) is 9.78. The van der Waals surface area contributed by atoms with Crippen molar-refractivity contribution in [1.82, 2.24) is 9.78 Å². The molecule has 1 aliphatic heterocycles. The zero-order valence-electron chi connectivity index (χ0n) is 11.8. The summed E-state index contributed by atoms with van der Waals surface area (Å²) in [6.45, 7) is 3.76. The Labute approximate surface area is 119 Å². The lowest BCUT2D eigenvalue weighted by atomic mass is 9.93. The second-order valence-electron chi connectivity index (χ2n) is 5.38. The molecule has 4 nitrogen and oxygen atoms in total. The van der Waals surface area contributed by atoms with Crippen molar-refractivity contribution < 1.29 is 4.74 Å². The van der Waals surface area contributed by atoms with E-state index in [0.29, 0.717) is 5.92 Å². The Hall–Kier alpha value is -1.81. The number of rotatable bonds is 4. The molecule has 1 aromatic carbocycles. The van der Waals surface area contributed by atoms with Gasteiger partial charge in [0.05, 0.1) is 12.8 Å². The van der Waals surface area contributed by atoms with Gasteiger partial charge >= 0.3 is 0 Å². The summed E-state index contributed by atoms with van der Waals surface area (Å²) in [6.07, 6.45) is 5.93. The fourth-order valence-electron chi connectivity index (χ4n) is 2.74. The van der Waals surface area contributed by atoms with E-state index in [0.717, 1.165) is 37.3 Å². The molecule has 2 heterocycles. The van der Waals surface area contributed by atoms with Crippen LogP contribution in [0.15, 0.2) is 36.7 Å². The minimum atomic E-state index is 0.0886. The van der Waals surface area contributed by atoms with Crippen molar-refractivity contribution in [3.63, 3.8) is 0 Å². The molecule has 0 radical (unpaired) electrons. The molecule has 1 aromatic heterocycles. The maximum atomic E-state index is 6.04. The van der Waals surface area contributed by atoms with E-state index in [1.165, 1.54) is 5.56 Å². The number of nitrogens with two attached hydrogens (primary N) is 1. The summed E-state index contributed by atoms with van der Waals surface area (Å²) < 4.78 is 7.71. The topological polar surface area (TPSA) is 53.1 Å². The molecule has 20 heavy (non-hydrogen) atoms. The lowest BCUT2D eigenvalue weighted by Gasteiger charge is -2.25. The molecule has 2 unspecified atom stereocenters. The molecule has 0 aliphatic carbocycles. The van der Waals surface area contributed by atoms with Gasteiger partial charge in [0.1, 0.15) is 5.75 Å². The zero-order chi connectivity index (χ0) is 13.9. The predicted molar refractivity (Wildman–Crippen MR) is 78.7 cm³/mol. The van der Waals surface area contributed by atoms with Crippen LogP contribution in [0, 0.1) is 0 Å². The molecule has 0 spiro atoms. The summed E-state index contributed by atoms with van der Waals surface area (Å²) in [7, 11) is 0. The third kappa shape index (κ3) is 2.56. The van der Waals surface area contributed by atoms with E-state index in [9.17, 15) is 0 Å². The Morgan fingerprint density at radius 3 is 3.15 bits per heavy atom. The lowest BCUT2D eigenvalue weighted by Crippen LogP contribution is -2.18. The number of hydrogen-bond acceptors (Lipinski definition) is 3. The van der Waals surface area contributed by atoms with E-state index in [2.05, 4.69) is 30.4 Å². The fourth-order valence-corrected chi connectivity index (χ4v) is 2.74. The van der Waals surface area contributed by atoms with Crippen LogP contribution in [-0.4, -0.2) is 16.4 Å². The third-order valence-electron chi connectivity index (χ3n) is 4.01. The minimum absolute atomic E-state index is 0.0886. The summed E-state index contributed by atoms with van der Waals surface area (Å²) >= 11 is 0. The van der Waals surface area contributed by atoms with Gasteiger partial charge in [0.2, 0.25) is 0 Å². The average Bonchev–Trinajstić information content (AvgIpc) is 2.95. The van der Waals surface area contributed by atoms with Gasteiger partial charge in [0.15, 0.2) is 0 Å². The average molecular weight is 271 g/mol. The van der Waals surface area contributed by atoms with Gasteiger partial charge in [-0.1, -0.05) is 25.1 Å². The SMILES string of the molecule is CCC(N)c1cnn(CC2CCOc3ccccc32)c1. The summed E-state index contributed by atoms with van der Waals surface area (Å²) in [5.41, 5.74) is 8.45. The number of benzene rings is 1. The molecule has 4 heteroatoms. The van der Waals surface area contributed by atoms with Crippen LogP contribution in [0.1, 0.15) is 42.9 Å². The van der Waals surface area contributed by atoms with E-state index in [1.54, 1.807) is 0 Å². The largest absolute Gasteiger partial charge is 0.493 e. The Morgan fingerprint density at radius 2 is 2.30 bits per heavy atom. The molecule has 3 rings (SSSR count). The van der Waals surface area contributed by atoms with E-state index in [1.807, 2.05) is 23.0 Å². The molecule has 1 aliphatic rings. The maximum absolute atomic E-state index is 6.04. The Bertz CT molecular complexity index is 579. The van der Waals surface area contributed by atoms with Crippen molar-refractivity contribution in [3.8, 4) is 5.75 Å². The molecule has 2 N–H and O–H groups in total. The number of nitrogens with zero attached hydrogens (tertiary/aromatic N) is 2. The minimum Gasteiger partial charge on any atom is -0.493 e. The first-order valence-corrected chi connectivity index (χ1v) is 7.27. The van der Waals surface area contributed by atoms with Crippen LogP contribution in [0.25, 0.3) is 0 Å². The van der Waals surface area contributed by atoms with Gasteiger partial charge in [0, 0.05) is 30.3 Å². The summed E-state index contributed by atoms with van der Waals surface area (Å²) in [5.74, 6) is 1.48. The lowest BCUT2D eigenvalue weighted by molar-refractivity contribution is 0.256. The highest BCUT2D eigenvalue weighted by molar-refractivity contribution is 5.37. The number of aromatic nitrogens is 2. The Morgan fingerprint density at radius 1 is 1.45 bits per heavy atom. The normalized spacial score (nSPS) is 19.2. The third-order valence-corrected chi connectivity index (χ3v) is 4.01. The second kappa shape index (κ2) is 5.67. The zero-order valence-corrected chi connectivity index (χ0v) is 11.8. The standard InChI is InChI=1S/C16H21N3O/c1-2-15(17)13-9-18-19(11-13)10-12-7-8-20-16-6-4-3-5-14(12)16/h3-6,9,11-12,15H,2,7-8,10,17H2,1H3. The van der Waals surface area contributed by atoms with Gasteiger partial charge < -0.3 is 10.5 Å². The monoisotopic (exact) mass is 271 g/mol. The maximum Gasteiger partial charge on any atom is 0.122 e. The molecule has 0 amide bonds. The highest BCUT2D eigenvalue weighted by Crippen LogP contribution is 2.34. The highest BCUT2D eigenvalue weighted by Gasteiger charge is 2.21. The number of hydrogen-bond donors (Lipinski definition) is 1. The predicted octanol–water partition coefficient (Wildman–Crippen LogP) is 2.86. The van der Waals surface area contributed by atoms with E-state index in [4.69, 9.17) is 10.5 Å². The van der Waals surface area contributed by atoms with Gasteiger partial charge in [-0.3, -0.25) is 4.68 Å². The quantitative estimate of drug-likeness (QED) is 0.930. The number of para-hydroxylation sites is 1. The summed E-state index contributed by atoms with van der Waals surface area (Å²) in [6, 6.07) is 8.38. The smallest absolute Gasteiger partial charge is 0.122 e. The van der Waals surface area contributed by atoms with Crippen molar-refractivity contribution in [3.05, 3.63) is 47.8 Å². The summed E-state index contributed by atoms with van der Waals surface area (Å²) in [4.78, 5) is 0. The van der Waals surface area contributed by atoms with Gasteiger partial charge in [-0.05, 0) is 24.5 Å². The molecular weight excluding hydrogens is 250 g/mol. The van der Waals surface area contributed by atoms with E-state index < -0.39 is 0 Å². The molecule has 0 bridgehead atoms. The van der Waals surface area contributed by atoms with Crippen LogP contribution < -0.4 is 10.5 Å². The van der Waals surface area contributed by atoms with Crippen LogP contribution in [-0.2, 0) is 6.54 Å². The molecule has 0 saturated heterocycles.